The minimum atomic E-state index is -0.253. The highest BCUT2D eigenvalue weighted by Gasteiger charge is 2.10. The van der Waals surface area contributed by atoms with Gasteiger partial charge < -0.3 is 5.32 Å². The minimum absolute atomic E-state index is 0.0244. The lowest BCUT2D eigenvalue weighted by Gasteiger charge is -2.14. The van der Waals surface area contributed by atoms with Gasteiger partial charge in [0, 0.05) is 16.5 Å². The molecule has 4 heteroatoms. The molecule has 0 radical (unpaired) electrons. The van der Waals surface area contributed by atoms with E-state index in [0.717, 1.165) is 10.5 Å². The lowest BCUT2D eigenvalue weighted by atomic mass is 10.1. The predicted octanol–water partition coefficient (Wildman–Crippen LogP) is 3.48. The van der Waals surface area contributed by atoms with Crippen LogP contribution in [-0.4, -0.2) is 11.9 Å². The van der Waals surface area contributed by atoms with Crippen molar-refractivity contribution in [3.05, 3.63) is 65.5 Å². The fourth-order valence-corrected chi connectivity index (χ4v) is 2.09. The lowest BCUT2D eigenvalue weighted by Crippen LogP contribution is -2.34. The Morgan fingerprint density at radius 2 is 1.75 bits per heavy atom. The van der Waals surface area contributed by atoms with E-state index in [4.69, 9.17) is 0 Å². The molecular weight excluding hydrogens is 273 g/mol. The molecule has 0 aromatic heterocycles. The van der Waals surface area contributed by atoms with Crippen LogP contribution in [-0.2, 0) is 6.42 Å². The molecule has 0 aliphatic carbocycles. The van der Waals surface area contributed by atoms with E-state index in [2.05, 4.69) is 17.9 Å². The Kier molecular flexibility index (Phi) is 4.79. The smallest absolute Gasteiger partial charge is 0.251 e. The first-order chi connectivity index (χ1) is 9.54. The summed E-state index contributed by atoms with van der Waals surface area (Å²) >= 11 is 4.18. The van der Waals surface area contributed by atoms with Crippen molar-refractivity contribution in [3.8, 4) is 0 Å². The fourth-order valence-electron chi connectivity index (χ4n) is 1.95. The second kappa shape index (κ2) is 6.57. The van der Waals surface area contributed by atoms with Crippen LogP contribution in [0, 0.1) is 5.82 Å². The molecule has 0 saturated carbocycles. The summed E-state index contributed by atoms with van der Waals surface area (Å²) in [5.74, 6) is -0.370. The van der Waals surface area contributed by atoms with Gasteiger partial charge in [-0.2, -0.15) is 0 Å². The van der Waals surface area contributed by atoms with Crippen LogP contribution in [0.4, 0.5) is 4.39 Å². The molecule has 1 N–H and O–H groups in total. The van der Waals surface area contributed by atoms with Gasteiger partial charge in [-0.3, -0.25) is 4.79 Å². The van der Waals surface area contributed by atoms with Crippen molar-refractivity contribution in [1.82, 2.24) is 5.32 Å². The van der Waals surface area contributed by atoms with Crippen molar-refractivity contribution < 1.29 is 9.18 Å². The summed E-state index contributed by atoms with van der Waals surface area (Å²) < 4.78 is 12.8. The first-order valence-corrected chi connectivity index (χ1v) is 6.83. The molecule has 0 aliphatic heterocycles. The van der Waals surface area contributed by atoms with Gasteiger partial charge in [-0.25, -0.2) is 4.39 Å². The number of halogens is 1. The van der Waals surface area contributed by atoms with E-state index >= 15 is 0 Å². The molecule has 104 valence electrons. The monoisotopic (exact) mass is 289 g/mol. The molecule has 0 aliphatic rings. The molecule has 1 atom stereocenters. The number of rotatable bonds is 4. The molecule has 1 amide bonds. The zero-order valence-corrected chi connectivity index (χ0v) is 12.0. The van der Waals surface area contributed by atoms with Crippen LogP contribution < -0.4 is 5.32 Å². The van der Waals surface area contributed by atoms with Gasteiger partial charge in [-0.1, -0.05) is 12.1 Å². The van der Waals surface area contributed by atoms with Gasteiger partial charge >= 0.3 is 0 Å². The second-order valence-electron chi connectivity index (χ2n) is 4.75. The van der Waals surface area contributed by atoms with Crippen LogP contribution in [0.15, 0.2) is 53.4 Å². The van der Waals surface area contributed by atoms with Crippen molar-refractivity contribution in [2.75, 3.05) is 0 Å². The highest BCUT2D eigenvalue weighted by Crippen LogP contribution is 2.09. The van der Waals surface area contributed by atoms with Crippen LogP contribution >= 0.6 is 12.6 Å². The molecule has 2 rings (SSSR count). The first kappa shape index (κ1) is 14.6. The zero-order valence-electron chi connectivity index (χ0n) is 11.1. The van der Waals surface area contributed by atoms with Crippen molar-refractivity contribution in [2.24, 2.45) is 0 Å². The van der Waals surface area contributed by atoms with Crippen LogP contribution in [0.5, 0.6) is 0 Å². The molecule has 0 saturated heterocycles. The highest BCUT2D eigenvalue weighted by molar-refractivity contribution is 7.80. The first-order valence-electron chi connectivity index (χ1n) is 6.39. The third-order valence-corrected chi connectivity index (χ3v) is 3.26. The number of benzene rings is 2. The van der Waals surface area contributed by atoms with Crippen LogP contribution in [0.1, 0.15) is 22.8 Å². The molecule has 0 heterocycles. The SMILES string of the molecule is CC(Cc1ccc(F)cc1)NC(=O)c1ccc(S)cc1. The molecule has 2 aromatic carbocycles. The van der Waals surface area contributed by atoms with Gasteiger partial charge in [0.05, 0.1) is 0 Å². The van der Waals surface area contributed by atoms with E-state index in [1.165, 1.54) is 12.1 Å². The maximum absolute atomic E-state index is 12.8. The maximum Gasteiger partial charge on any atom is 0.251 e. The van der Waals surface area contributed by atoms with Crippen molar-refractivity contribution in [2.45, 2.75) is 24.3 Å². The van der Waals surface area contributed by atoms with Crippen LogP contribution in [0.3, 0.4) is 0 Å². The van der Waals surface area contributed by atoms with Crippen molar-refractivity contribution in [3.63, 3.8) is 0 Å². The zero-order chi connectivity index (χ0) is 14.5. The molecule has 2 nitrogen and oxygen atoms in total. The van der Waals surface area contributed by atoms with E-state index in [1.54, 1.807) is 36.4 Å². The van der Waals surface area contributed by atoms with Crippen molar-refractivity contribution >= 4 is 18.5 Å². The summed E-state index contributed by atoms with van der Waals surface area (Å²) in [7, 11) is 0. The number of thiol groups is 1. The molecule has 1 unspecified atom stereocenters. The number of hydrogen-bond donors (Lipinski definition) is 2. The molecule has 0 fully saturated rings. The van der Waals surface area contributed by atoms with E-state index in [-0.39, 0.29) is 17.8 Å². The molecule has 20 heavy (non-hydrogen) atoms. The highest BCUT2D eigenvalue weighted by atomic mass is 32.1. The van der Waals surface area contributed by atoms with E-state index in [0.29, 0.717) is 12.0 Å². The Balaban J connectivity index is 1.93. The molecule has 0 spiro atoms. The average Bonchev–Trinajstić information content (AvgIpc) is 2.42. The quantitative estimate of drug-likeness (QED) is 0.829. The summed E-state index contributed by atoms with van der Waals surface area (Å²) in [6.07, 6.45) is 0.663. The van der Waals surface area contributed by atoms with Gasteiger partial charge in [0.25, 0.3) is 5.91 Å². The van der Waals surface area contributed by atoms with Gasteiger partial charge in [-0.15, -0.1) is 12.6 Å². The van der Waals surface area contributed by atoms with Crippen LogP contribution in [0.2, 0.25) is 0 Å². The number of carbonyl (C=O) groups excluding carboxylic acids is 1. The summed E-state index contributed by atoms with van der Waals surface area (Å²) in [6, 6.07) is 13.3. The van der Waals surface area contributed by atoms with Gasteiger partial charge in [-0.05, 0) is 55.3 Å². The third kappa shape index (κ3) is 4.10. The topological polar surface area (TPSA) is 29.1 Å². The Labute approximate surface area is 123 Å². The number of nitrogens with one attached hydrogen (secondary N) is 1. The van der Waals surface area contributed by atoms with E-state index in [9.17, 15) is 9.18 Å². The predicted molar refractivity (Wildman–Crippen MR) is 80.7 cm³/mol. The summed E-state index contributed by atoms with van der Waals surface area (Å²) in [5.41, 5.74) is 1.60. The Hall–Kier alpha value is -1.81. The van der Waals surface area contributed by atoms with E-state index in [1.807, 2.05) is 6.92 Å². The molecular formula is C16H16FNOS. The molecule has 0 bridgehead atoms. The molecule has 2 aromatic rings. The van der Waals surface area contributed by atoms with Gasteiger partial charge in [0.1, 0.15) is 5.82 Å². The Bertz CT molecular complexity index is 580. The largest absolute Gasteiger partial charge is 0.349 e. The summed E-state index contributed by atoms with van der Waals surface area (Å²) in [4.78, 5) is 12.8. The summed E-state index contributed by atoms with van der Waals surface area (Å²) in [6.45, 7) is 1.92. The number of carbonyl (C=O) groups is 1. The lowest BCUT2D eigenvalue weighted by molar-refractivity contribution is 0.0940. The normalized spacial score (nSPS) is 11.9. The number of hydrogen-bond acceptors (Lipinski definition) is 2. The minimum Gasteiger partial charge on any atom is -0.349 e. The van der Waals surface area contributed by atoms with E-state index < -0.39 is 0 Å². The Morgan fingerprint density at radius 1 is 1.15 bits per heavy atom. The standard InChI is InChI=1S/C16H16FNOS/c1-11(10-12-2-6-14(17)7-3-12)18-16(19)13-4-8-15(20)9-5-13/h2-9,11,20H,10H2,1H3,(H,18,19). The second-order valence-corrected chi connectivity index (χ2v) is 5.27. The van der Waals surface area contributed by atoms with Crippen molar-refractivity contribution in [1.29, 1.82) is 0 Å². The average molecular weight is 289 g/mol. The number of amides is 1. The Morgan fingerprint density at radius 3 is 2.35 bits per heavy atom. The summed E-state index contributed by atoms with van der Waals surface area (Å²) in [5, 5.41) is 2.92. The maximum atomic E-state index is 12.8. The fraction of sp³-hybridized carbons (Fsp3) is 0.188. The van der Waals surface area contributed by atoms with Crippen LogP contribution in [0.25, 0.3) is 0 Å². The van der Waals surface area contributed by atoms with Gasteiger partial charge in [0.2, 0.25) is 0 Å². The van der Waals surface area contributed by atoms with Gasteiger partial charge in [0.15, 0.2) is 0 Å². The third-order valence-electron chi connectivity index (χ3n) is 2.96.